The Morgan fingerprint density at radius 3 is 2.34 bits per heavy atom. The molecule has 0 bridgehead atoms. The van der Waals surface area contributed by atoms with E-state index >= 15 is 0 Å². The van der Waals surface area contributed by atoms with Gasteiger partial charge in [-0.2, -0.15) is 4.31 Å². The topological polar surface area (TPSA) is 102 Å². The summed E-state index contributed by atoms with van der Waals surface area (Å²) in [7, 11) is -2.89. The Hall–Kier alpha value is -1.55. The van der Waals surface area contributed by atoms with E-state index in [1.165, 1.54) is 25.2 Å². The van der Waals surface area contributed by atoms with Gasteiger partial charge < -0.3 is 10.6 Å². The van der Waals surface area contributed by atoms with Gasteiger partial charge in [-0.3, -0.25) is 0 Å². The van der Waals surface area contributed by atoms with Gasteiger partial charge in [0.05, 0.1) is 5.02 Å². The summed E-state index contributed by atoms with van der Waals surface area (Å²) in [6.45, 7) is -0.621. The fraction of sp³-hybridized carbons (Fsp3) is 0.176. The summed E-state index contributed by atoms with van der Waals surface area (Å²) in [5.41, 5.74) is 6.35. The highest BCUT2D eigenvalue weighted by Gasteiger charge is 2.26. The van der Waals surface area contributed by atoms with Crippen molar-refractivity contribution in [2.24, 2.45) is 10.9 Å². The second-order valence-electron chi connectivity index (χ2n) is 5.79. The molecule has 0 amide bonds. The summed E-state index contributed by atoms with van der Waals surface area (Å²) >= 11 is 23.6. The van der Waals surface area contributed by atoms with Crippen molar-refractivity contribution in [3.05, 3.63) is 62.1 Å². The maximum atomic E-state index is 12.6. The Balaban J connectivity index is 2.02. The molecule has 0 radical (unpaired) electrons. The fourth-order valence-electron chi connectivity index (χ4n) is 2.14. The van der Waals surface area contributed by atoms with E-state index in [1.54, 1.807) is 18.2 Å². The summed E-state index contributed by atoms with van der Waals surface area (Å²) in [5, 5.41) is 4.50. The van der Waals surface area contributed by atoms with Crippen molar-refractivity contribution in [3.8, 4) is 0 Å². The molecule has 0 aromatic heterocycles. The lowest BCUT2D eigenvalue weighted by atomic mass is 10.1. The number of halogens is 4. The van der Waals surface area contributed by atoms with E-state index in [4.69, 9.17) is 52.1 Å². The predicted octanol–water partition coefficient (Wildman–Crippen LogP) is 3.98. The van der Waals surface area contributed by atoms with Crippen LogP contribution in [0.2, 0.25) is 20.1 Å². The van der Waals surface area contributed by atoms with Crippen LogP contribution in [0.1, 0.15) is 5.56 Å². The molecule has 0 aliphatic carbocycles. The third-order valence-corrected chi connectivity index (χ3v) is 6.69. The van der Waals surface area contributed by atoms with Crippen molar-refractivity contribution >= 4 is 68.2 Å². The molecule has 29 heavy (non-hydrogen) atoms. The van der Waals surface area contributed by atoms with Crippen LogP contribution in [0.5, 0.6) is 0 Å². The number of sulfonamides is 1. The minimum Gasteiger partial charge on any atom is -0.384 e. The standard InChI is InChI=1S/C17H15Cl4N3O4S/c1-24(29(26,27)15-8-12(19)4-5-13(15)20)9-17(25)28-23-16(22)6-10-2-3-11(18)7-14(10)21/h2-5,7-8H,6,9H2,1H3,(H2,22,23). The van der Waals surface area contributed by atoms with Gasteiger partial charge in [0.15, 0.2) is 0 Å². The van der Waals surface area contributed by atoms with Crippen molar-refractivity contribution in [2.45, 2.75) is 11.3 Å². The number of oxime groups is 1. The smallest absolute Gasteiger partial charge is 0.350 e. The van der Waals surface area contributed by atoms with Crippen molar-refractivity contribution in [2.75, 3.05) is 13.6 Å². The minimum absolute atomic E-state index is 0.0308. The number of hydrogen-bond donors (Lipinski definition) is 1. The Morgan fingerprint density at radius 2 is 1.69 bits per heavy atom. The van der Waals surface area contributed by atoms with Gasteiger partial charge in [-0.05, 0) is 35.9 Å². The average molecular weight is 499 g/mol. The molecule has 2 aromatic carbocycles. The quantitative estimate of drug-likeness (QED) is 0.269. The molecule has 7 nitrogen and oxygen atoms in total. The number of carbonyl (C=O) groups is 1. The zero-order chi connectivity index (χ0) is 21.8. The molecule has 2 N–H and O–H groups in total. The van der Waals surface area contributed by atoms with Crippen molar-refractivity contribution in [1.29, 1.82) is 0 Å². The molecule has 0 spiro atoms. The number of hydrogen-bond acceptors (Lipinski definition) is 5. The lowest BCUT2D eigenvalue weighted by Crippen LogP contribution is -2.33. The second kappa shape index (κ2) is 9.97. The Labute approximate surface area is 188 Å². The summed E-state index contributed by atoms with van der Waals surface area (Å²) in [6, 6.07) is 8.80. The highest BCUT2D eigenvalue weighted by molar-refractivity contribution is 7.89. The van der Waals surface area contributed by atoms with Gasteiger partial charge in [-0.1, -0.05) is 57.6 Å². The molecule has 12 heteroatoms. The number of benzene rings is 2. The molecule has 2 aromatic rings. The van der Waals surface area contributed by atoms with E-state index in [-0.39, 0.29) is 27.2 Å². The molecule has 0 atom stereocenters. The van der Waals surface area contributed by atoms with Crippen LogP contribution in [-0.2, 0) is 26.1 Å². The van der Waals surface area contributed by atoms with Gasteiger partial charge in [-0.15, -0.1) is 0 Å². The van der Waals surface area contributed by atoms with E-state index in [2.05, 4.69) is 9.99 Å². The Kier molecular flexibility index (Phi) is 8.16. The predicted molar refractivity (Wildman–Crippen MR) is 114 cm³/mol. The number of nitrogens with two attached hydrogens (primary N) is 1. The van der Waals surface area contributed by atoms with E-state index in [1.807, 2.05) is 0 Å². The first-order chi connectivity index (χ1) is 13.5. The lowest BCUT2D eigenvalue weighted by Gasteiger charge is -2.16. The first-order valence-electron chi connectivity index (χ1n) is 7.88. The van der Waals surface area contributed by atoms with Crippen LogP contribution in [0, 0.1) is 0 Å². The van der Waals surface area contributed by atoms with Gasteiger partial charge >= 0.3 is 5.97 Å². The molecule has 0 heterocycles. The van der Waals surface area contributed by atoms with Gasteiger partial charge in [0.1, 0.15) is 17.3 Å². The highest BCUT2D eigenvalue weighted by Crippen LogP contribution is 2.27. The second-order valence-corrected chi connectivity index (χ2v) is 9.49. The van der Waals surface area contributed by atoms with Gasteiger partial charge in [0.2, 0.25) is 10.0 Å². The van der Waals surface area contributed by atoms with Crippen LogP contribution in [0.4, 0.5) is 0 Å². The van der Waals surface area contributed by atoms with Crippen molar-refractivity contribution in [1.82, 2.24) is 4.31 Å². The third kappa shape index (κ3) is 6.47. The van der Waals surface area contributed by atoms with Gasteiger partial charge in [-0.25, -0.2) is 13.2 Å². The number of likely N-dealkylation sites (N-methyl/N-ethyl adjacent to an activating group) is 1. The van der Waals surface area contributed by atoms with Crippen LogP contribution in [0.15, 0.2) is 46.4 Å². The molecule has 0 saturated heterocycles. The molecule has 2 rings (SSSR count). The van der Waals surface area contributed by atoms with Crippen molar-refractivity contribution in [3.63, 3.8) is 0 Å². The lowest BCUT2D eigenvalue weighted by molar-refractivity contribution is -0.143. The molecule has 0 fully saturated rings. The SMILES string of the molecule is CN(CC(=O)O/N=C(\N)Cc1ccc(Cl)cc1Cl)S(=O)(=O)c1cc(Cl)ccc1Cl. The largest absolute Gasteiger partial charge is 0.384 e. The van der Waals surface area contributed by atoms with E-state index in [9.17, 15) is 13.2 Å². The number of amidine groups is 1. The molecule has 156 valence electrons. The zero-order valence-electron chi connectivity index (χ0n) is 14.9. The number of rotatable bonds is 7. The van der Waals surface area contributed by atoms with Crippen LogP contribution < -0.4 is 5.73 Å². The van der Waals surface area contributed by atoms with Crippen LogP contribution in [-0.4, -0.2) is 38.1 Å². The van der Waals surface area contributed by atoms with Crippen LogP contribution >= 0.6 is 46.4 Å². The maximum Gasteiger partial charge on any atom is 0.350 e. The summed E-state index contributed by atoms with van der Waals surface area (Å²) in [6.07, 6.45) is 0.107. The maximum absolute atomic E-state index is 12.6. The fourth-order valence-corrected chi connectivity index (χ4v) is 4.46. The normalized spacial score (nSPS) is 12.3. The number of carbonyl (C=O) groups excluding carboxylic acids is 1. The third-order valence-electron chi connectivity index (χ3n) is 3.58. The Morgan fingerprint density at radius 1 is 1.07 bits per heavy atom. The molecule has 0 aliphatic rings. The minimum atomic E-state index is -4.08. The van der Waals surface area contributed by atoms with Crippen LogP contribution in [0.25, 0.3) is 0 Å². The van der Waals surface area contributed by atoms with E-state index in [0.29, 0.717) is 15.6 Å². The first kappa shape index (κ1) is 23.7. The zero-order valence-corrected chi connectivity index (χ0v) is 18.7. The molecule has 0 saturated carbocycles. The first-order valence-corrected chi connectivity index (χ1v) is 10.8. The van der Waals surface area contributed by atoms with E-state index < -0.39 is 22.5 Å². The van der Waals surface area contributed by atoms with Gasteiger partial charge in [0.25, 0.3) is 0 Å². The molecule has 0 aliphatic heterocycles. The summed E-state index contributed by atoms with van der Waals surface area (Å²) < 4.78 is 25.9. The molecule has 0 unspecified atom stereocenters. The van der Waals surface area contributed by atoms with Gasteiger partial charge in [0, 0.05) is 28.5 Å². The highest BCUT2D eigenvalue weighted by atomic mass is 35.5. The van der Waals surface area contributed by atoms with Crippen LogP contribution in [0.3, 0.4) is 0 Å². The molecular weight excluding hydrogens is 484 g/mol. The Bertz CT molecular complexity index is 1060. The summed E-state index contributed by atoms with van der Waals surface area (Å²) in [5.74, 6) is -0.981. The average Bonchev–Trinajstić information content (AvgIpc) is 2.64. The van der Waals surface area contributed by atoms with Crippen molar-refractivity contribution < 1.29 is 18.0 Å². The van der Waals surface area contributed by atoms with E-state index in [0.717, 1.165) is 4.31 Å². The monoisotopic (exact) mass is 497 g/mol. The molecular formula is C17H15Cl4N3O4S. The summed E-state index contributed by atoms with van der Waals surface area (Å²) in [4.78, 5) is 16.4. The number of nitrogens with zero attached hydrogens (tertiary/aromatic N) is 2.